The van der Waals surface area contributed by atoms with Crippen molar-refractivity contribution in [3.63, 3.8) is 0 Å². The summed E-state index contributed by atoms with van der Waals surface area (Å²) >= 11 is 1.89. The van der Waals surface area contributed by atoms with Crippen LogP contribution in [-0.2, 0) is 4.74 Å². The van der Waals surface area contributed by atoms with E-state index in [9.17, 15) is 9.18 Å². The van der Waals surface area contributed by atoms with Crippen LogP contribution in [0.4, 0.5) is 14.9 Å². The Morgan fingerprint density at radius 3 is 2.94 bits per heavy atom. The van der Waals surface area contributed by atoms with Crippen LogP contribution < -0.4 is 10.6 Å². The molecule has 1 aliphatic heterocycles. The summed E-state index contributed by atoms with van der Waals surface area (Å²) in [5.74, 6) is -0.345. The van der Waals surface area contributed by atoms with E-state index in [0.29, 0.717) is 15.8 Å². The van der Waals surface area contributed by atoms with Crippen molar-refractivity contribution in [2.45, 2.75) is 6.10 Å². The summed E-state index contributed by atoms with van der Waals surface area (Å²) in [6, 6.07) is 4.63. The predicted octanol–water partition coefficient (Wildman–Crippen LogP) is 1.71. The number of nitrogens with two attached hydrogens (primary N) is 1. The molecule has 0 unspecified atom stereocenters. The van der Waals surface area contributed by atoms with Gasteiger partial charge in [0.15, 0.2) is 0 Å². The van der Waals surface area contributed by atoms with Gasteiger partial charge in [-0.3, -0.25) is 4.90 Å². The molecule has 0 saturated carbocycles. The zero-order valence-corrected chi connectivity index (χ0v) is 10.5. The SMILES string of the molecule is NC[C@H]1CN(c2ccc(I)c(F)c2)C(=O)O1. The molecule has 1 heterocycles. The highest BCUT2D eigenvalue weighted by Gasteiger charge is 2.31. The van der Waals surface area contributed by atoms with Gasteiger partial charge >= 0.3 is 6.09 Å². The molecule has 0 aliphatic carbocycles. The molecule has 2 rings (SSSR count). The van der Waals surface area contributed by atoms with Crippen LogP contribution in [0, 0.1) is 9.39 Å². The monoisotopic (exact) mass is 336 g/mol. The first-order valence-corrected chi connectivity index (χ1v) is 5.83. The smallest absolute Gasteiger partial charge is 0.414 e. The average Bonchev–Trinajstić information content (AvgIpc) is 2.64. The van der Waals surface area contributed by atoms with Gasteiger partial charge in [-0.25, -0.2) is 9.18 Å². The molecule has 0 spiro atoms. The van der Waals surface area contributed by atoms with E-state index in [1.54, 1.807) is 12.1 Å². The topological polar surface area (TPSA) is 55.6 Å². The molecule has 4 nitrogen and oxygen atoms in total. The maximum atomic E-state index is 13.3. The van der Waals surface area contributed by atoms with Gasteiger partial charge in [0.1, 0.15) is 11.9 Å². The van der Waals surface area contributed by atoms with Gasteiger partial charge in [0.25, 0.3) is 0 Å². The van der Waals surface area contributed by atoms with E-state index in [4.69, 9.17) is 10.5 Å². The molecular formula is C10H10FIN2O2. The van der Waals surface area contributed by atoms with E-state index < -0.39 is 6.09 Å². The number of carbonyl (C=O) groups is 1. The van der Waals surface area contributed by atoms with Crippen LogP contribution in [0.5, 0.6) is 0 Å². The van der Waals surface area contributed by atoms with Gasteiger partial charge in [-0.1, -0.05) is 0 Å². The number of amides is 1. The van der Waals surface area contributed by atoms with Crippen molar-refractivity contribution in [1.82, 2.24) is 0 Å². The minimum atomic E-state index is -0.476. The zero-order valence-electron chi connectivity index (χ0n) is 8.32. The van der Waals surface area contributed by atoms with Gasteiger partial charge in [-0.15, -0.1) is 0 Å². The van der Waals surface area contributed by atoms with Crippen LogP contribution in [0.1, 0.15) is 0 Å². The van der Waals surface area contributed by atoms with Crippen LogP contribution in [0.2, 0.25) is 0 Å². The fourth-order valence-corrected chi connectivity index (χ4v) is 1.84. The Balaban J connectivity index is 2.24. The van der Waals surface area contributed by atoms with Gasteiger partial charge in [-0.05, 0) is 40.8 Å². The minimum Gasteiger partial charge on any atom is -0.443 e. The van der Waals surface area contributed by atoms with Gasteiger partial charge in [-0.2, -0.15) is 0 Å². The number of rotatable bonds is 2. The standard InChI is InChI=1S/C10H10FIN2O2/c11-8-3-6(1-2-9(8)12)14-5-7(4-13)16-10(14)15/h1-3,7H,4-5,13H2/t7-/m0/s1. The number of nitrogens with zero attached hydrogens (tertiary/aromatic N) is 1. The summed E-state index contributed by atoms with van der Waals surface area (Å²) in [4.78, 5) is 12.8. The average molecular weight is 336 g/mol. The Hall–Kier alpha value is -0.890. The van der Waals surface area contributed by atoms with E-state index in [2.05, 4.69) is 0 Å². The normalized spacial score (nSPS) is 20.1. The molecule has 1 atom stereocenters. The first-order valence-electron chi connectivity index (χ1n) is 4.75. The summed E-state index contributed by atoms with van der Waals surface area (Å²) in [6.45, 7) is 0.643. The maximum absolute atomic E-state index is 13.3. The fraction of sp³-hybridized carbons (Fsp3) is 0.300. The van der Waals surface area contributed by atoms with Gasteiger partial charge < -0.3 is 10.5 Å². The Morgan fingerprint density at radius 1 is 1.62 bits per heavy atom. The Bertz CT molecular complexity index is 427. The van der Waals surface area contributed by atoms with Crippen molar-refractivity contribution in [3.05, 3.63) is 27.6 Å². The largest absolute Gasteiger partial charge is 0.443 e. The molecule has 1 fully saturated rings. The summed E-state index contributed by atoms with van der Waals surface area (Å²) in [5.41, 5.74) is 5.91. The second-order valence-electron chi connectivity index (χ2n) is 3.45. The molecule has 0 radical (unpaired) electrons. The first kappa shape index (κ1) is 11.6. The molecule has 6 heteroatoms. The molecule has 1 saturated heterocycles. The van der Waals surface area contributed by atoms with Gasteiger partial charge in [0, 0.05) is 10.1 Å². The van der Waals surface area contributed by atoms with Gasteiger partial charge in [0.2, 0.25) is 0 Å². The highest BCUT2D eigenvalue weighted by molar-refractivity contribution is 14.1. The van der Waals surface area contributed by atoms with Crippen LogP contribution >= 0.6 is 22.6 Å². The van der Waals surface area contributed by atoms with Gasteiger partial charge in [0.05, 0.1) is 12.2 Å². The van der Waals surface area contributed by atoms with Crippen LogP contribution in [0.15, 0.2) is 18.2 Å². The van der Waals surface area contributed by atoms with E-state index in [0.717, 1.165) is 0 Å². The van der Waals surface area contributed by atoms with Crippen LogP contribution in [0.3, 0.4) is 0 Å². The summed E-state index contributed by atoms with van der Waals surface area (Å²) in [6.07, 6.45) is -0.786. The summed E-state index contributed by atoms with van der Waals surface area (Å²) in [5, 5.41) is 0. The zero-order chi connectivity index (χ0) is 11.7. The van der Waals surface area contributed by atoms with E-state index in [1.807, 2.05) is 22.6 Å². The Morgan fingerprint density at radius 2 is 2.38 bits per heavy atom. The van der Waals surface area contributed by atoms with Crippen molar-refractivity contribution >= 4 is 34.4 Å². The van der Waals surface area contributed by atoms with Crippen molar-refractivity contribution < 1.29 is 13.9 Å². The fourth-order valence-electron chi connectivity index (χ4n) is 1.51. The maximum Gasteiger partial charge on any atom is 0.414 e. The van der Waals surface area contributed by atoms with Crippen molar-refractivity contribution in [3.8, 4) is 0 Å². The van der Waals surface area contributed by atoms with E-state index in [1.165, 1.54) is 11.0 Å². The number of ether oxygens (including phenoxy) is 1. The number of benzene rings is 1. The highest BCUT2D eigenvalue weighted by atomic mass is 127. The van der Waals surface area contributed by atoms with Crippen LogP contribution in [0.25, 0.3) is 0 Å². The van der Waals surface area contributed by atoms with Crippen molar-refractivity contribution in [1.29, 1.82) is 0 Å². The number of hydrogen-bond donors (Lipinski definition) is 1. The highest BCUT2D eigenvalue weighted by Crippen LogP contribution is 2.24. The lowest BCUT2D eigenvalue weighted by molar-refractivity contribution is 0.145. The molecular weight excluding hydrogens is 326 g/mol. The van der Waals surface area contributed by atoms with Crippen molar-refractivity contribution in [2.75, 3.05) is 18.0 Å². The Labute approximate surface area is 106 Å². The molecule has 16 heavy (non-hydrogen) atoms. The van der Waals surface area contributed by atoms with Crippen molar-refractivity contribution in [2.24, 2.45) is 5.73 Å². The predicted molar refractivity (Wildman–Crippen MR) is 65.8 cm³/mol. The first-order chi connectivity index (χ1) is 7.61. The molecule has 1 aliphatic rings. The molecule has 2 N–H and O–H groups in total. The number of carbonyl (C=O) groups excluding carboxylic acids is 1. The summed E-state index contributed by atoms with van der Waals surface area (Å²) < 4.78 is 18.8. The third-order valence-electron chi connectivity index (χ3n) is 2.35. The van der Waals surface area contributed by atoms with E-state index in [-0.39, 0.29) is 18.5 Å². The lowest BCUT2D eigenvalue weighted by atomic mass is 10.2. The molecule has 1 aromatic carbocycles. The quantitative estimate of drug-likeness (QED) is 0.837. The third-order valence-corrected chi connectivity index (χ3v) is 3.23. The number of halogens is 2. The number of hydrogen-bond acceptors (Lipinski definition) is 3. The molecule has 86 valence electrons. The third kappa shape index (κ3) is 2.12. The molecule has 1 amide bonds. The minimum absolute atomic E-state index is 0.273. The van der Waals surface area contributed by atoms with Crippen LogP contribution in [-0.4, -0.2) is 25.3 Å². The number of anilines is 1. The molecule has 1 aromatic rings. The Kier molecular flexibility index (Phi) is 3.29. The van der Waals surface area contributed by atoms with E-state index >= 15 is 0 Å². The summed E-state index contributed by atoms with van der Waals surface area (Å²) in [7, 11) is 0. The number of cyclic esters (lactones) is 1. The molecule has 0 aromatic heterocycles. The lowest BCUT2D eigenvalue weighted by Gasteiger charge is -2.12. The second-order valence-corrected chi connectivity index (χ2v) is 4.61. The lowest BCUT2D eigenvalue weighted by Crippen LogP contribution is -2.27. The second kappa shape index (κ2) is 4.54. The molecule has 0 bridgehead atoms.